The van der Waals surface area contributed by atoms with Crippen molar-refractivity contribution >= 4 is 27.4 Å². The Morgan fingerprint density at radius 2 is 1.74 bits per heavy atom. The van der Waals surface area contributed by atoms with Gasteiger partial charge in [-0.2, -0.15) is 0 Å². The SMILES string of the molecule is CCN(c1ccccc1)S(=O)(=O)c1ccc(N2CCN(C(=O)c3ccc(C)c(F)c3)CC2)nc1. The lowest BCUT2D eigenvalue weighted by Crippen LogP contribution is -2.49. The number of aromatic nitrogens is 1. The molecule has 0 saturated carbocycles. The summed E-state index contributed by atoms with van der Waals surface area (Å²) in [6.45, 7) is 5.77. The number of hydrogen-bond acceptors (Lipinski definition) is 5. The van der Waals surface area contributed by atoms with Gasteiger partial charge in [0.2, 0.25) is 0 Å². The van der Waals surface area contributed by atoms with E-state index in [2.05, 4.69) is 4.98 Å². The van der Waals surface area contributed by atoms with Gasteiger partial charge in [0, 0.05) is 44.5 Å². The molecule has 1 aliphatic rings. The van der Waals surface area contributed by atoms with Crippen LogP contribution in [-0.4, -0.2) is 56.9 Å². The molecule has 0 bridgehead atoms. The first-order valence-electron chi connectivity index (χ1n) is 11.2. The number of anilines is 2. The Morgan fingerprint density at radius 3 is 2.32 bits per heavy atom. The molecule has 34 heavy (non-hydrogen) atoms. The Morgan fingerprint density at radius 1 is 1.03 bits per heavy atom. The Hall–Kier alpha value is -3.46. The van der Waals surface area contributed by atoms with Crippen LogP contribution in [-0.2, 0) is 10.0 Å². The van der Waals surface area contributed by atoms with E-state index in [4.69, 9.17) is 0 Å². The molecule has 7 nitrogen and oxygen atoms in total. The molecule has 178 valence electrons. The summed E-state index contributed by atoms with van der Waals surface area (Å²) in [7, 11) is -3.74. The van der Waals surface area contributed by atoms with E-state index >= 15 is 0 Å². The van der Waals surface area contributed by atoms with Gasteiger partial charge in [-0.25, -0.2) is 17.8 Å². The van der Waals surface area contributed by atoms with Crippen molar-refractivity contribution in [3.8, 4) is 0 Å². The normalized spacial score (nSPS) is 14.2. The fourth-order valence-electron chi connectivity index (χ4n) is 3.97. The van der Waals surface area contributed by atoms with Crippen molar-refractivity contribution in [2.45, 2.75) is 18.7 Å². The molecule has 1 saturated heterocycles. The lowest BCUT2D eigenvalue weighted by atomic mass is 10.1. The van der Waals surface area contributed by atoms with Crippen molar-refractivity contribution in [3.63, 3.8) is 0 Å². The van der Waals surface area contributed by atoms with Crippen LogP contribution in [0.25, 0.3) is 0 Å². The molecule has 0 atom stereocenters. The monoisotopic (exact) mass is 482 g/mol. The molecule has 1 aromatic heterocycles. The first-order chi connectivity index (χ1) is 16.3. The van der Waals surface area contributed by atoms with Crippen LogP contribution in [0.5, 0.6) is 0 Å². The average Bonchev–Trinajstić information content (AvgIpc) is 2.86. The number of piperazine rings is 1. The number of aryl methyl sites for hydroxylation is 1. The van der Waals surface area contributed by atoms with Crippen LogP contribution in [0.3, 0.4) is 0 Å². The van der Waals surface area contributed by atoms with Crippen molar-refractivity contribution in [3.05, 3.63) is 83.8 Å². The average molecular weight is 483 g/mol. The fraction of sp³-hybridized carbons (Fsp3) is 0.280. The predicted molar refractivity (Wildman–Crippen MR) is 130 cm³/mol. The van der Waals surface area contributed by atoms with Crippen molar-refractivity contribution in [2.24, 2.45) is 0 Å². The third-order valence-corrected chi connectivity index (χ3v) is 7.84. The molecule has 0 spiro atoms. The van der Waals surface area contributed by atoms with Crippen LogP contribution in [0, 0.1) is 12.7 Å². The number of benzene rings is 2. The van der Waals surface area contributed by atoms with Gasteiger partial charge >= 0.3 is 0 Å². The number of pyridine rings is 1. The van der Waals surface area contributed by atoms with E-state index in [1.165, 1.54) is 16.6 Å². The zero-order valence-electron chi connectivity index (χ0n) is 19.2. The maximum atomic E-state index is 13.8. The van der Waals surface area contributed by atoms with Gasteiger partial charge in [-0.1, -0.05) is 24.3 Å². The quantitative estimate of drug-likeness (QED) is 0.536. The van der Waals surface area contributed by atoms with Gasteiger partial charge in [0.25, 0.3) is 15.9 Å². The van der Waals surface area contributed by atoms with Crippen LogP contribution in [0.2, 0.25) is 0 Å². The number of amides is 1. The first-order valence-corrected chi connectivity index (χ1v) is 12.6. The number of para-hydroxylation sites is 1. The summed E-state index contributed by atoms with van der Waals surface area (Å²) in [6.07, 6.45) is 1.38. The lowest BCUT2D eigenvalue weighted by Gasteiger charge is -2.35. The van der Waals surface area contributed by atoms with Crippen molar-refractivity contribution in [1.29, 1.82) is 0 Å². The van der Waals surface area contributed by atoms with E-state index in [-0.39, 0.29) is 10.8 Å². The van der Waals surface area contributed by atoms with Gasteiger partial charge in [-0.3, -0.25) is 9.10 Å². The minimum Gasteiger partial charge on any atom is -0.353 e. The summed E-state index contributed by atoms with van der Waals surface area (Å²) < 4.78 is 41.5. The van der Waals surface area contributed by atoms with E-state index in [1.807, 2.05) is 11.0 Å². The summed E-state index contributed by atoms with van der Waals surface area (Å²) in [5.41, 5.74) is 1.44. The van der Waals surface area contributed by atoms with E-state index in [9.17, 15) is 17.6 Å². The van der Waals surface area contributed by atoms with Crippen LogP contribution in [0.4, 0.5) is 15.9 Å². The Labute approximate surface area is 199 Å². The maximum Gasteiger partial charge on any atom is 0.265 e. The minimum absolute atomic E-state index is 0.122. The number of carbonyl (C=O) groups excluding carboxylic acids is 1. The molecule has 0 N–H and O–H groups in total. The molecule has 0 unspecified atom stereocenters. The van der Waals surface area contributed by atoms with Gasteiger partial charge in [-0.15, -0.1) is 0 Å². The molecule has 0 aliphatic carbocycles. The molecular weight excluding hydrogens is 455 g/mol. The third-order valence-electron chi connectivity index (χ3n) is 5.95. The number of rotatable bonds is 6. The van der Waals surface area contributed by atoms with Crippen molar-refractivity contribution < 1.29 is 17.6 Å². The van der Waals surface area contributed by atoms with E-state index in [0.717, 1.165) is 0 Å². The number of hydrogen-bond donors (Lipinski definition) is 0. The number of nitrogens with zero attached hydrogens (tertiary/aromatic N) is 4. The minimum atomic E-state index is -3.74. The molecule has 2 aromatic carbocycles. The van der Waals surface area contributed by atoms with Crippen molar-refractivity contribution in [2.75, 3.05) is 41.9 Å². The first kappa shape index (κ1) is 23.7. The van der Waals surface area contributed by atoms with E-state index < -0.39 is 15.8 Å². The standard InChI is InChI=1S/C25H27FN4O3S/c1-3-30(21-7-5-4-6-8-21)34(32,33)22-11-12-24(27-18-22)28-13-15-29(16-14-28)25(31)20-10-9-19(2)23(26)17-20/h4-12,17-18H,3,13-16H2,1-2H3. The zero-order valence-corrected chi connectivity index (χ0v) is 20.0. The Kier molecular flexibility index (Phi) is 6.83. The summed E-state index contributed by atoms with van der Waals surface area (Å²) in [5, 5.41) is 0. The van der Waals surface area contributed by atoms with Gasteiger partial charge in [-0.05, 0) is 55.8 Å². The predicted octanol–water partition coefficient (Wildman–Crippen LogP) is 3.71. The molecule has 2 heterocycles. The fourth-order valence-corrected chi connectivity index (χ4v) is 5.39. The van der Waals surface area contributed by atoms with E-state index in [1.54, 1.807) is 67.3 Å². The van der Waals surface area contributed by atoms with Crippen LogP contribution < -0.4 is 9.21 Å². The van der Waals surface area contributed by atoms with Gasteiger partial charge in [0.1, 0.15) is 16.5 Å². The van der Waals surface area contributed by atoms with Gasteiger partial charge < -0.3 is 9.80 Å². The molecule has 1 amide bonds. The number of carbonyl (C=O) groups is 1. The number of sulfonamides is 1. The largest absolute Gasteiger partial charge is 0.353 e. The molecule has 1 aliphatic heterocycles. The zero-order chi connectivity index (χ0) is 24.3. The second kappa shape index (κ2) is 9.80. The van der Waals surface area contributed by atoms with Crippen molar-refractivity contribution in [1.82, 2.24) is 9.88 Å². The molecule has 9 heteroatoms. The summed E-state index contributed by atoms with van der Waals surface area (Å²) in [5.74, 6) is 0.0568. The number of halogens is 1. The Bertz CT molecular complexity index is 1260. The smallest absolute Gasteiger partial charge is 0.265 e. The molecule has 0 radical (unpaired) electrons. The van der Waals surface area contributed by atoms with Crippen LogP contribution in [0.15, 0.2) is 71.8 Å². The maximum absolute atomic E-state index is 13.8. The highest BCUT2D eigenvalue weighted by atomic mass is 32.2. The topological polar surface area (TPSA) is 73.8 Å². The molecule has 3 aromatic rings. The van der Waals surface area contributed by atoms with Crippen LogP contribution >= 0.6 is 0 Å². The van der Waals surface area contributed by atoms with Gasteiger partial charge in [0.15, 0.2) is 0 Å². The second-order valence-corrected chi connectivity index (χ2v) is 9.96. The van der Waals surface area contributed by atoms with E-state index in [0.29, 0.717) is 55.4 Å². The highest BCUT2D eigenvalue weighted by Gasteiger charge is 2.26. The molecular formula is C25H27FN4O3S. The third kappa shape index (κ3) is 4.75. The molecule has 4 rings (SSSR count). The van der Waals surface area contributed by atoms with Crippen LogP contribution in [0.1, 0.15) is 22.8 Å². The molecule has 1 fully saturated rings. The summed E-state index contributed by atoms with van der Waals surface area (Å²) in [4.78, 5) is 20.9. The highest BCUT2D eigenvalue weighted by Crippen LogP contribution is 2.24. The summed E-state index contributed by atoms with van der Waals surface area (Å²) in [6, 6.07) is 16.7. The van der Waals surface area contributed by atoms with Gasteiger partial charge in [0.05, 0.1) is 5.69 Å². The second-order valence-electron chi connectivity index (χ2n) is 8.10. The lowest BCUT2D eigenvalue weighted by molar-refractivity contribution is 0.0746. The summed E-state index contributed by atoms with van der Waals surface area (Å²) >= 11 is 0. The highest BCUT2D eigenvalue weighted by molar-refractivity contribution is 7.92. The Balaban J connectivity index is 1.43.